The molecular weight excluding hydrogens is 218 g/mol. The first kappa shape index (κ1) is 11.0. The van der Waals surface area contributed by atoms with E-state index in [4.69, 9.17) is 0 Å². The first-order valence-corrected chi connectivity index (χ1v) is 6.02. The molecule has 82 valence electrons. The van der Waals surface area contributed by atoms with Crippen LogP contribution in [0.1, 0.15) is 10.6 Å². The van der Waals surface area contributed by atoms with Crippen LogP contribution in [0.2, 0.25) is 0 Å². The third-order valence-electron chi connectivity index (χ3n) is 2.18. The summed E-state index contributed by atoms with van der Waals surface area (Å²) in [5.41, 5.74) is 1.10. The summed E-state index contributed by atoms with van der Waals surface area (Å²) >= 11 is 1.57. The Labute approximate surface area is 98.9 Å². The molecule has 0 spiro atoms. The van der Waals surface area contributed by atoms with Crippen molar-refractivity contribution in [3.8, 4) is 0 Å². The van der Waals surface area contributed by atoms with Crippen LogP contribution in [-0.2, 0) is 6.42 Å². The van der Waals surface area contributed by atoms with Gasteiger partial charge in [0.05, 0.1) is 11.1 Å². The van der Waals surface area contributed by atoms with E-state index in [1.165, 1.54) is 0 Å². The molecule has 1 heterocycles. The highest BCUT2D eigenvalue weighted by Crippen LogP contribution is 2.09. The van der Waals surface area contributed by atoms with E-state index in [9.17, 15) is 5.11 Å². The van der Waals surface area contributed by atoms with Crippen LogP contribution in [0.4, 0.5) is 0 Å². The van der Waals surface area contributed by atoms with E-state index in [0.717, 1.165) is 10.6 Å². The molecule has 0 fully saturated rings. The van der Waals surface area contributed by atoms with Gasteiger partial charge in [-0.2, -0.15) is 0 Å². The fourth-order valence-electron chi connectivity index (χ4n) is 1.39. The Balaban J connectivity index is 1.92. The van der Waals surface area contributed by atoms with Crippen molar-refractivity contribution in [2.45, 2.75) is 12.5 Å². The molecule has 0 saturated carbocycles. The minimum atomic E-state index is -0.466. The highest BCUT2D eigenvalue weighted by atomic mass is 32.1. The van der Waals surface area contributed by atoms with E-state index in [1.54, 1.807) is 23.6 Å². The summed E-state index contributed by atoms with van der Waals surface area (Å²) in [4.78, 5) is 4.14. The number of nitrogens with zero attached hydrogens (tertiary/aromatic N) is 1. The van der Waals surface area contributed by atoms with Gasteiger partial charge in [0.15, 0.2) is 0 Å². The monoisotopic (exact) mass is 231 g/mol. The maximum absolute atomic E-state index is 9.76. The van der Waals surface area contributed by atoms with Crippen molar-refractivity contribution in [3.63, 3.8) is 0 Å². The Hall–Kier alpha value is -1.45. The third kappa shape index (κ3) is 3.29. The molecule has 3 heteroatoms. The van der Waals surface area contributed by atoms with Gasteiger partial charge in [-0.1, -0.05) is 42.5 Å². The number of aliphatic hydroxyl groups excluding tert-OH is 1. The van der Waals surface area contributed by atoms with Gasteiger partial charge >= 0.3 is 0 Å². The van der Waals surface area contributed by atoms with E-state index in [0.29, 0.717) is 6.42 Å². The van der Waals surface area contributed by atoms with Crippen LogP contribution in [0, 0.1) is 0 Å². The van der Waals surface area contributed by atoms with Crippen molar-refractivity contribution in [2.24, 2.45) is 0 Å². The number of thiazole rings is 1. The molecular formula is C13H13NOS. The van der Waals surface area contributed by atoms with Crippen LogP contribution in [0.5, 0.6) is 0 Å². The molecule has 0 bridgehead atoms. The van der Waals surface area contributed by atoms with E-state index in [1.807, 2.05) is 41.8 Å². The summed E-state index contributed by atoms with van der Waals surface area (Å²) in [7, 11) is 0. The molecule has 0 aliphatic carbocycles. The molecule has 0 aliphatic rings. The van der Waals surface area contributed by atoms with E-state index >= 15 is 0 Å². The minimum absolute atomic E-state index is 0.466. The zero-order chi connectivity index (χ0) is 11.2. The first-order chi connectivity index (χ1) is 7.84. The number of rotatable bonds is 4. The quantitative estimate of drug-likeness (QED) is 0.877. The predicted octanol–water partition coefficient (Wildman–Crippen LogP) is 2.76. The van der Waals surface area contributed by atoms with Crippen molar-refractivity contribution in [1.29, 1.82) is 0 Å². The average molecular weight is 231 g/mol. The standard InChI is InChI=1S/C13H13NOS/c15-12(10-13-14-8-9-16-13)7-6-11-4-2-1-3-5-11/h1-9,12,15H,10H2/b7-6+. The molecule has 1 aromatic heterocycles. The van der Waals surface area contributed by atoms with Crippen LogP contribution >= 0.6 is 11.3 Å². The van der Waals surface area contributed by atoms with Crippen molar-refractivity contribution in [2.75, 3.05) is 0 Å². The van der Waals surface area contributed by atoms with Crippen molar-refractivity contribution in [3.05, 3.63) is 58.6 Å². The average Bonchev–Trinajstić information content (AvgIpc) is 2.81. The van der Waals surface area contributed by atoms with E-state index < -0.39 is 6.10 Å². The highest BCUT2D eigenvalue weighted by Gasteiger charge is 2.02. The maximum atomic E-state index is 9.76. The largest absolute Gasteiger partial charge is 0.389 e. The molecule has 1 atom stereocenters. The zero-order valence-electron chi connectivity index (χ0n) is 8.78. The van der Waals surface area contributed by atoms with E-state index in [2.05, 4.69) is 4.98 Å². The molecule has 16 heavy (non-hydrogen) atoms. The van der Waals surface area contributed by atoms with Crippen molar-refractivity contribution < 1.29 is 5.11 Å². The van der Waals surface area contributed by atoms with Gasteiger partial charge in [-0.15, -0.1) is 11.3 Å². The number of hydrogen-bond acceptors (Lipinski definition) is 3. The fraction of sp³-hybridized carbons (Fsp3) is 0.154. The Kier molecular flexibility index (Phi) is 3.86. The lowest BCUT2D eigenvalue weighted by atomic mass is 10.1. The Morgan fingerprint density at radius 1 is 1.31 bits per heavy atom. The SMILES string of the molecule is OC(/C=C/c1ccccc1)Cc1nccs1. The molecule has 1 unspecified atom stereocenters. The zero-order valence-corrected chi connectivity index (χ0v) is 9.60. The summed E-state index contributed by atoms with van der Waals surface area (Å²) in [5, 5.41) is 12.6. The summed E-state index contributed by atoms with van der Waals surface area (Å²) in [6.45, 7) is 0. The van der Waals surface area contributed by atoms with Gasteiger partial charge in [-0.05, 0) is 5.56 Å². The lowest BCUT2D eigenvalue weighted by Gasteiger charge is -2.01. The van der Waals surface area contributed by atoms with Crippen LogP contribution in [-0.4, -0.2) is 16.2 Å². The molecule has 2 nitrogen and oxygen atoms in total. The second kappa shape index (κ2) is 5.58. The summed E-state index contributed by atoms with van der Waals surface area (Å²) in [5.74, 6) is 0. The lowest BCUT2D eigenvalue weighted by Crippen LogP contribution is -2.05. The van der Waals surface area contributed by atoms with Gasteiger partial charge in [0.2, 0.25) is 0 Å². The summed E-state index contributed by atoms with van der Waals surface area (Å²) in [6.07, 6.45) is 5.61. The van der Waals surface area contributed by atoms with Gasteiger partial charge < -0.3 is 5.11 Å². The normalized spacial score (nSPS) is 13.1. The van der Waals surface area contributed by atoms with Crippen LogP contribution < -0.4 is 0 Å². The van der Waals surface area contributed by atoms with Crippen molar-refractivity contribution in [1.82, 2.24) is 4.98 Å². The highest BCUT2D eigenvalue weighted by molar-refractivity contribution is 7.09. The smallest absolute Gasteiger partial charge is 0.0953 e. The van der Waals surface area contributed by atoms with Crippen molar-refractivity contribution >= 4 is 17.4 Å². The van der Waals surface area contributed by atoms with Crippen LogP contribution in [0.25, 0.3) is 6.08 Å². The van der Waals surface area contributed by atoms with Crippen LogP contribution in [0.15, 0.2) is 48.0 Å². The lowest BCUT2D eigenvalue weighted by molar-refractivity contribution is 0.224. The molecule has 0 aliphatic heterocycles. The molecule has 0 amide bonds. The minimum Gasteiger partial charge on any atom is -0.389 e. The van der Waals surface area contributed by atoms with Gasteiger partial charge in [0.25, 0.3) is 0 Å². The second-order valence-electron chi connectivity index (χ2n) is 3.47. The molecule has 0 saturated heterocycles. The Morgan fingerprint density at radius 3 is 2.81 bits per heavy atom. The Morgan fingerprint density at radius 2 is 2.12 bits per heavy atom. The van der Waals surface area contributed by atoms with Gasteiger partial charge in [-0.25, -0.2) is 4.98 Å². The van der Waals surface area contributed by atoms with Gasteiger partial charge in [0, 0.05) is 18.0 Å². The van der Waals surface area contributed by atoms with E-state index in [-0.39, 0.29) is 0 Å². The molecule has 1 N–H and O–H groups in total. The predicted molar refractivity (Wildman–Crippen MR) is 67.3 cm³/mol. The Bertz CT molecular complexity index is 436. The number of aliphatic hydroxyl groups is 1. The van der Waals surface area contributed by atoms with Gasteiger partial charge in [0.1, 0.15) is 0 Å². The fourth-order valence-corrected chi connectivity index (χ4v) is 2.05. The third-order valence-corrected chi connectivity index (χ3v) is 2.98. The number of aromatic nitrogens is 1. The van der Waals surface area contributed by atoms with Gasteiger partial charge in [-0.3, -0.25) is 0 Å². The molecule has 1 aromatic carbocycles. The second-order valence-corrected chi connectivity index (χ2v) is 4.45. The number of hydrogen-bond donors (Lipinski definition) is 1. The van der Waals surface area contributed by atoms with Crippen LogP contribution in [0.3, 0.4) is 0 Å². The topological polar surface area (TPSA) is 33.1 Å². The molecule has 0 radical (unpaired) electrons. The molecule has 2 aromatic rings. The summed E-state index contributed by atoms with van der Waals surface area (Å²) in [6, 6.07) is 9.95. The first-order valence-electron chi connectivity index (χ1n) is 5.14. The summed E-state index contributed by atoms with van der Waals surface area (Å²) < 4.78 is 0. The molecule has 2 rings (SSSR count). The number of benzene rings is 1. The maximum Gasteiger partial charge on any atom is 0.0953 e.